The molecular weight excluding hydrogens is 482 g/mol. The highest BCUT2D eigenvalue weighted by Gasteiger charge is 2.49. The lowest BCUT2D eigenvalue weighted by Crippen LogP contribution is -2.52. The lowest BCUT2D eigenvalue weighted by molar-refractivity contribution is -0.124. The van der Waals surface area contributed by atoms with Gasteiger partial charge in [0.25, 0.3) is 5.91 Å². The van der Waals surface area contributed by atoms with Crippen molar-refractivity contribution < 1.29 is 29.0 Å². The van der Waals surface area contributed by atoms with Gasteiger partial charge in [-0.05, 0) is 35.4 Å². The van der Waals surface area contributed by atoms with Crippen LogP contribution in [0.2, 0.25) is 0 Å². The molecule has 4 heterocycles. The summed E-state index contributed by atoms with van der Waals surface area (Å²) >= 11 is 0. The number of hydrazone groups is 1. The average Bonchev–Trinajstić information content (AvgIpc) is 3.70. The molecule has 13 nitrogen and oxygen atoms in total. The first kappa shape index (κ1) is 22.4. The summed E-state index contributed by atoms with van der Waals surface area (Å²) in [6.07, 6.45) is 3.77. The van der Waals surface area contributed by atoms with E-state index in [4.69, 9.17) is 9.47 Å². The lowest BCUT2D eigenvalue weighted by atomic mass is 10.0. The van der Waals surface area contributed by atoms with Gasteiger partial charge in [-0.25, -0.2) is 19.6 Å². The van der Waals surface area contributed by atoms with E-state index in [0.29, 0.717) is 22.8 Å². The van der Waals surface area contributed by atoms with Crippen molar-refractivity contribution in [1.82, 2.24) is 30.1 Å². The molecule has 1 saturated heterocycles. The number of rotatable bonds is 6. The van der Waals surface area contributed by atoms with Crippen LogP contribution in [0, 0.1) is 0 Å². The number of imidazole rings is 1. The molecule has 6 rings (SSSR count). The molecule has 3 amide bonds. The van der Waals surface area contributed by atoms with E-state index in [9.17, 15) is 19.5 Å². The number of urea groups is 1. The van der Waals surface area contributed by atoms with Gasteiger partial charge < -0.3 is 24.9 Å². The van der Waals surface area contributed by atoms with Crippen molar-refractivity contribution in [2.24, 2.45) is 5.10 Å². The second kappa shape index (κ2) is 8.86. The van der Waals surface area contributed by atoms with Gasteiger partial charge in [0, 0.05) is 12.7 Å². The number of carboxylic acid groups (broad SMARTS) is 1. The number of carboxylic acids is 1. The number of hydrogen-bond donors (Lipinski definition) is 3. The molecule has 13 heteroatoms. The van der Waals surface area contributed by atoms with Crippen LogP contribution < -0.4 is 14.8 Å². The average molecular weight is 503 g/mol. The highest BCUT2D eigenvalue weighted by atomic mass is 16.7. The number of aromatic carboxylic acids is 1. The van der Waals surface area contributed by atoms with Crippen LogP contribution in [0.4, 0.5) is 4.79 Å². The number of ether oxygens (including phenoxy) is 2. The molecule has 3 N–H and O–H groups in total. The van der Waals surface area contributed by atoms with Gasteiger partial charge in [-0.1, -0.05) is 18.2 Å². The Morgan fingerprint density at radius 1 is 1.16 bits per heavy atom. The molecule has 2 aromatic carbocycles. The van der Waals surface area contributed by atoms with Gasteiger partial charge in [0.2, 0.25) is 13.1 Å². The van der Waals surface area contributed by atoms with Gasteiger partial charge in [0.1, 0.15) is 18.9 Å². The number of amides is 3. The topological polar surface area (TPSA) is 153 Å². The maximum Gasteiger partial charge on any atom is 0.335 e. The molecule has 0 spiro atoms. The molecule has 0 bridgehead atoms. The minimum absolute atomic E-state index is 0.134. The summed E-state index contributed by atoms with van der Waals surface area (Å²) in [7, 11) is 0. The maximum absolute atomic E-state index is 13.3. The Bertz CT molecular complexity index is 1390. The summed E-state index contributed by atoms with van der Waals surface area (Å²) in [6.45, 7) is 0.239. The van der Waals surface area contributed by atoms with Crippen LogP contribution in [0.5, 0.6) is 11.5 Å². The van der Waals surface area contributed by atoms with Crippen LogP contribution in [0.25, 0.3) is 0 Å². The number of hydrogen-bond acceptors (Lipinski definition) is 8. The van der Waals surface area contributed by atoms with Crippen LogP contribution in [-0.4, -0.2) is 73.8 Å². The molecule has 3 aliphatic rings. The van der Waals surface area contributed by atoms with Crippen LogP contribution in [-0.2, 0) is 11.3 Å². The summed E-state index contributed by atoms with van der Waals surface area (Å²) < 4.78 is 10.7. The second-order valence-electron chi connectivity index (χ2n) is 8.56. The zero-order valence-corrected chi connectivity index (χ0v) is 19.3. The molecule has 0 saturated carbocycles. The standard InChI is InChI=1S/C24H21N7O6/c32-20-10-29(23(35)26-8-14-1-6-18-19(7-14)37-13-36-18)24-30(20)12-28-31(24)21(17-9-25-11-27-17)15-2-4-16(5-3-15)22(33)34/h1-7,9,11-12,21,24H,8,10,13H2,(H,25,27)(H,26,35)(H,33,34). The first-order chi connectivity index (χ1) is 18.0. The van der Waals surface area contributed by atoms with E-state index in [2.05, 4.69) is 20.4 Å². The van der Waals surface area contributed by atoms with Crippen LogP contribution in [0.15, 0.2) is 60.1 Å². The molecule has 1 fully saturated rings. The molecule has 3 aliphatic heterocycles. The predicted molar refractivity (Wildman–Crippen MR) is 126 cm³/mol. The van der Waals surface area contributed by atoms with E-state index in [-0.39, 0.29) is 31.4 Å². The Hall–Kier alpha value is -5.07. The first-order valence-corrected chi connectivity index (χ1v) is 11.4. The fraction of sp³-hybridized carbons (Fsp3) is 0.208. The largest absolute Gasteiger partial charge is 0.478 e. The SMILES string of the molecule is O=C(O)c1ccc(C(c2c[nH]cn2)N2N=CN3C(=O)CN(C(=O)NCc4ccc5c(c4)OCO5)C32)cc1. The molecule has 2 atom stereocenters. The number of fused-ring (bicyclic) bond motifs is 2. The third kappa shape index (κ3) is 3.95. The van der Waals surface area contributed by atoms with Gasteiger partial charge in [-0.15, -0.1) is 0 Å². The molecule has 0 aliphatic carbocycles. The van der Waals surface area contributed by atoms with E-state index in [1.54, 1.807) is 35.5 Å². The molecule has 1 aromatic heterocycles. The smallest absolute Gasteiger partial charge is 0.335 e. The number of nitrogens with zero attached hydrogens (tertiary/aromatic N) is 5. The Morgan fingerprint density at radius 2 is 1.97 bits per heavy atom. The highest BCUT2D eigenvalue weighted by molar-refractivity contribution is 5.95. The monoisotopic (exact) mass is 503 g/mol. The normalized spacial score (nSPS) is 18.3. The second-order valence-corrected chi connectivity index (χ2v) is 8.56. The Kier molecular flexibility index (Phi) is 5.36. The number of aromatic nitrogens is 2. The van der Waals surface area contributed by atoms with Crippen molar-refractivity contribution in [3.63, 3.8) is 0 Å². The van der Waals surface area contributed by atoms with E-state index in [0.717, 1.165) is 5.56 Å². The number of carbonyl (C=O) groups excluding carboxylic acids is 2. The molecule has 37 heavy (non-hydrogen) atoms. The molecule has 0 radical (unpaired) electrons. The minimum Gasteiger partial charge on any atom is -0.478 e. The fourth-order valence-electron chi connectivity index (χ4n) is 4.55. The molecule has 188 valence electrons. The van der Waals surface area contributed by atoms with Crippen LogP contribution in [0.3, 0.4) is 0 Å². The predicted octanol–water partition coefficient (Wildman–Crippen LogP) is 1.52. The highest BCUT2D eigenvalue weighted by Crippen LogP contribution is 2.36. The number of H-pyrrole nitrogens is 1. The van der Waals surface area contributed by atoms with Crippen molar-refractivity contribution in [2.75, 3.05) is 13.3 Å². The van der Waals surface area contributed by atoms with Crippen LogP contribution >= 0.6 is 0 Å². The van der Waals surface area contributed by atoms with Gasteiger partial charge in [-0.2, -0.15) is 5.10 Å². The Labute approximate surface area is 209 Å². The van der Waals surface area contributed by atoms with Crippen molar-refractivity contribution >= 4 is 24.2 Å². The van der Waals surface area contributed by atoms with Crippen molar-refractivity contribution in [3.8, 4) is 11.5 Å². The maximum atomic E-state index is 13.3. The fourth-order valence-corrected chi connectivity index (χ4v) is 4.55. The van der Waals surface area contributed by atoms with Crippen molar-refractivity contribution in [2.45, 2.75) is 18.9 Å². The molecule has 3 aromatic rings. The third-order valence-corrected chi connectivity index (χ3v) is 6.35. The summed E-state index contributed by atoms with van der Waals surface area (Å²) in [5, 5.41) is 18.2. The Morgan fingerprint density at radius 3 is 2.73 bits per heavy atom. The lowest BCUT2D eigenvalue weighted by Gasteiger charge is -2.35. The van der Waals surface area contributed by atoms with E-state index in [1.807, 2.05) is 6.07 Å². The summed E-state index contributed by atoms with van der Waals surface area (Å²) in [5.74, 6) is -0.0628. The van der Waals surface area contributed by atoms with E-state index >= 15 is 0 Å². The van der Waals surface area contributed by atoms with Crippen molar-refractivity contribution in [1.29, 1.82) is 0 Å². The number of nitrogens with one attached hydrogen (secondary N) is 2. The van der Waals surface area contributed by atoms with Gasteiger partial charge >= 0.3 is 12.0 Å². The quantitative estimate of drug-likeness (QED) is 0.458. The van der Waals surface area contributed by atoms with Gasteiger partial charge in [0.15, 0.2) is 11.5 Å². The van der Waals surface area contributed by atoms with Gasteiger partial charge in [-0.3, -0.25) is 14.6 Å². The van der Waals surface area contributed by atoms with Gasteiger partial charge in [0.05, 0.1) is 17.6 Å². The zero-order valence-electron chi connectivity index (χ0n) is 19.3. The van der Waals surface area contributed by atoms with Crippen molar-refractivity contribution in [3.05, 3.63) is 77.4 Å². The molecular formula is C24H21N7O6. The third-order valence-electron chi connectivity index (χ3n) is 6.35. The van der Waals surface area contributed by atoms with E-state index < -0.39 is 24.3 Å². The molecule has 2 unspecified atom stereocenters. The summed E-state index contributed by atoms with van der Waals surface area (Å²) in [5.41, 5.74) is 2.22. The zero-order chi connectivity index (χ0) is 25.5. The Balaban J connectivity index is 1.25. The minimum atomic E-state index is -1.04. The summed E-state index contributed by atoms with van der Waals surface area (Å²) in [4.78, 5) is 47.4. The first-order valence-electron chi connectivity index (χ1n) is 11.4. The number of aromatic amines is 1. The van der Waals surface area contributed by atoms with Crippen LogP contribution in [0.1, 0.15) is 33.2 Å². The number of benzene rings is 2. The number of carbonyl (C=O) groups is 3. The van der Waals surface area contributed by atoms with E-state index in [1.165, 1.54) is 34.6 Å². The summed E-state index contributed by atoms with van der Waals surface area (Å²) in [6, 6.07) is 10.7.